The van der Waals surface area contributed by atoms with Crippen LogP contribution in [0.5, 0.6) is 0 Å². The van der Waals surface area contributed by atoms with Crippen LogP contribution in [0.3, 0.4) is 0 Å². The molecule has 3 amide bonds. The second-order valence-electron chi connectivity index (χ2n) is 6.44. The number of thiophene rings is 1. The van der Waals surface area contributed by atoms with Crippen molar-refractivity contribution in [2.75, 3.05) is 12.4 Å². The van der Waals surface area contributed by atoms with Crippen LogP contribution in [-0.4, -0.2) is 25.0 Å². The highest BCUT2D eigenvalue weighted by atomic mass is 35.5. The largest absolute Gasteiger partial charge is 0.453 e. The molecule has 8 heteroatoms. The quantitative estimate of drug-likeness (QED) is 0.796. The molecular weight excluding hydrogens is 388 g/mol. The summed E-state index contributed by atoms with van der Waals surface area (Å²) in [5.74, 6) is -0.484. The van der Waals surface area contributed by atoms with E-state index in [1.165, 1.54) is 18.4 Å². The number of fused-ring (bicyclic) bond motifs is 1. The lowest BCUT2D eigenvalue weighted by Gasteiger charge is -2.18. The average molecular weight is 407 g/mol. The van der Waals surface area contributed by atoms with Crippen LogP contribution < -0.4 is 10.6 Å². The molecular formula is C19H19ClN2O4S. The highest BCUT2D eigenvalue weighted by Crippen LogP contribution is 2.40. The van der Waals surface area contributed by atoms with E-state index in [4.69, 9.17) is 11.6 Å². The minimum absolute atomic E-state index is 0.318. The van der Waals surface area contributed by atoms with Gasteiger partial charge in [0.15, 0.2) is 0 Å². The van der Waals surface area contributed by atoms with Crippen LogP contribution in [0.4, 0.5) is 9.80 Å². The summed E-state index contributed by atoms with van der Waals surface area (Å²) in [4.78, 5) is 37.8. The van der Waals surface area contributed by atoms with Crippen molar-refractivity contribution in [2.24, 2.45) is 5.92 Å². The minimum atomic E-state index is -0.840. The van der Waals surface area contributed by atoms with Gasteiger partial charge in [-0.3, -0.25) is 14.9 Å². The summed E-state index contributed by atoms with van der Waals surface area (Å²) in [7, 11) is 1.19. The van der Waals surface area contributed by atoms with E-state index in [2.05, 4.69) is 22.3 Å². The molecule has 2 aromatic rings. The van der Waals surface area contributed by atoms with E-state index in [0.717, 1.165) is 29.7 Å². The van der Waals surface area contributed by atoms with Gasteiger partial charge < -0.3 is 10.1 Å². The number of nitrogens with one attached hydrogen (secondary N) is 2. The maximum absolute atomic E-state index is 12.7. The van der Waals surface area contributed by atoms with Gasteiger partial charge in [-0.1, -0.05) is 30.7 Å². The number of anilines is 1. The molecule has 1 aliphatic rings. The maximum Gasteiger partial charge on any atom is 0.413 e. The third-order valence-corrected chi connectivity index (χ3v) is 5.98. The maximum atomic E-state index is 12.7. The number of halogens is 1. The molecule has 0 spiro atoms. The summed E-state index contributed by atoms with van der Waals surface area (Å²) in [6.07, 6.45) is 1.66. The molecule has 0 radical (unpaired) electrons. The van der Waals surface area contributed by atoms with Crippen molar-refractivity contribution in [1.29, 1.82) is 0 Å². The van der Waals surface area contributed by atoms with Crippen molar-refractivity contribution >= 4 is 45.8 Å². The summed E-state index contributed by atoms with van der Waals surface area (Å²) >= 11 is 7.47. The Labute approximate surface area is 165 Å². The number of carbonyl (C=O) groups excluding carboxylic acids is 3. The van der Waals surface area contributed by atoms with Gasteiger partial charge in [-0.15, -0.1) is 11.3 Å². The fourth-order valence-corrected chi connectivity index (χ4v) is 4.73. The van der Waals surface area contributed by atoms with E-state index in [9.17, 15) is 14.4 Å². The van der Waals surface area contributed by atoms with Gasteiger partial charge >= 0.3 is 6.09 Å². The first-order chi connectivity index (χ1) is 12.9. The Hall–Kier alpha value is -2.38. The number of benzene rings is 1. The van der Waals surface area contributed by atoms with Crippen LogP contribution >= 0.6 is 22.9 Å². The lowest BCUT2D eigenvalue weighted by atomic mass is 9.88. The molecule has 0 fully saturated rings. The van der Waals surface area contributed by atoms with Crippen molar-refractivity contribution < 1.29 is 19.1 Å². The van der Waals surface area contributed by atoms with Gasteiger partial charge in [-0.25, -0.2) is 4.79 Å². The average Bonchev–Trinajstić information content (AvgIpc) is 2.98. The van der Waals surface area contributed by atoms with Crippen LogP contribution in [0.1, 0.15) is 44.5 Å². The van der Waals surface area contributed by atoms with E-state index in [-0.39, 0.29) is 0 Å². The number of hydrogen-bond donors (Lipinski definition) is 2. The summed E-state index contributed by atoms with van der Waals surface area (Å²) in [6, 6.07) is 6.69. The first kappa shape index (κ1) is 19.4. The monoisotopic (exact) mass is 406 g/mol. The molecule has 0 aliphatic heterocycles. The summed E-state index contributed by atoms with van der Waals surface area (Å²) < 4.78 is 4.51. The van der Waals surface area contributed by atoms with Crippen molar-refractivity contribution in [3.05, 3.63) is 50.9 Å². The van der Waals surface area contributed by atoms with Gasteiger partial charge in [0.05, 0.1) is 23.3 Å². The molecule has 27 heavy (non-hydrogen) atoms. The molecule has 3 rings (SSSR count). The highest BCUT2D eigenvalue weighted by molar-refractivity contribution is 7.17. The Balaban J connectivity index is 1.96. The van der Waals surface area contributed by atoms with Gasteiger partial charge in [-0.2, -0.15) is 0 Å². The molecule has 0 bridgehead atoms. The van der Waals surface area contributed by atoms with Crippen LogP contribution in [-0.2, 0) is 17.6 Å². The number of alkyl carbamates (subject to hydrolysis) is 1. The van der Waals surface area contributed by atoms with Crippen LogP contribution in [0.15, 0.2) is 24.3 Å². The van der Waals surface area contributed by atoms with E-state index >= 15 is 0 Å². The van der Waals surface area contributed by atoms with E-state index in [0.29, 0.717) is 27.1 Å². The van der Waals surface area contributed by atoms with E-state index < -0.39 is 17.9 Å². The lowest BCUT2D eigenvalue weighted by Crippen LogP contribution is -2.31. The topological polar surface area (TPSA) is 84.5 Å². The number of rotatable bonds is 3. The SMILES string of the molecule is COC(=O)NC(=O)c1c(NC(=O)c2ccccc2Cl)sc2c1CC[C@@H](C)C2. The van der Waals surface area contributed by atoms with Crippen LogP contribution in [0.2, 0.25) is 5.02 Å². The molecule has 0 unspecified atom stereocenters. The van der Waals surface area contributed by atoms with Gasteiger partial charge in [0.25, 0.3) is 11.8 Å². The molecule has 6 nitrogen and oxygen atoms in total. The van der Waals surface area contributed by atoms with Crippen LogP contribution in [0.25, 0.3) is 0 Å². The first-order valence-corrected chi connectivity index (χ1v) is 9.69. The summed E-state index contributed by atoms with van der Waals surface area (Å²) in [5.41, 5.74) is 1.53. The van der Waals surface area contributed by atoms with Crippen molar-refractivity contribution in [1.82, 2.24) is 5.32 Å². The lowest BCUT2D eigenvalue weighted by molar-refractivity contribution is 0.0937. The summed E-state index contributed by atoms with van der Waals surface area (Å²) in [5, 5.41) is 5.72. The fraction of sp³-hybridized carbons (Fsp3) is 0.316. The molecule has 1 aliphatic carbocycles. The molecule has 1 aromatic carbocycles. The van der Waals surface area contributed by atoms with E-state index in [1.807, 2.05) is 0 Å². The third kappa shape index (κ3) is 4.14. The fourth-order valence-electron chi connectivity index (χ4n) is 3.10. The predicted octanol–water partition coefficient (Wildman–Crippen LogP) is 4.27. The molecule has 1 heterocycles. The minimum Gasteiger partial charge on any atom is -0.453 e. The Morgan fingerprint density at radius 2 is 1.96 bits per heavy atom. The third-order valence-electron chi connectivity index (χ3n) is 4.49. The van der Waals surface area contributed by atoms with E-state index in [1.54, 1.807) is 24.3 Å². The van der Waals surface area contributed by atoms with Crippen molar-refractivity contribution in [3.8, 4) is 0 Å². The number of ether oxygens (including phenoxy) is 1. The van der Waals surface area contributed by atoms with Gasteiger partial charge in [-0.05, 0) is 42.9 Å². The first-order valence-electron chi connectivity index (χ1n) is 8.50. The number of amides is 3. The second-order valence-corrected chi connectivity index (χ2v) is 7.95. The molecule has 0 saturated carbocycles. The number of methoxy groups -OCH3 is 1. The standard InChI is InChI=1S/C19H19ClN2O4S/c1-10-7-8-12-14(9-10)27-18(15(12)17(24)22-19(25)26-2)21-16(23)11-5-3-4-6-13(11)20/h3-6,10H,7-9H2,1-2H3,(H,21,23)(H,22,24,25)/t10-/m1/s1. The molecule has 142 valence electrons. The summed E-state index contributed by atoms with van der Waals surface area (Å²) in [6.45, 7) is 2.15. The number of imide groups is 1. The zero-order valence-electron chi connectivity index (χ0n) is 14.9. The normalized spacial score (nSPS) is 15.6. The Morgan fingerprint density at radius 3 is 2.67 bits per heavy atom. The molecule has 0 saturated heterocycles. The van der Waals surface area contributed by atoms with Crippen molar-refractivity contribution in [2.45, 2.75) is 26.2 Å². The molecule has 2 N–H and O–H groups in total. The number of carbonyl (C=O) groups is 3. The Kier molecular flexibility index (Phi) is 5.82. The predicted molar refractivity (Wildman–Crippen MR) is 105 cm³/mol. The Bertz CT molecular complexity index is 909. The second kappa shape index (κ2) is 8.10. The zero-order chi connectivity index (χ0) is 19.6. The number of hydrogen-bond acceptors (Lipinski definition) is 5. The van der Waals surface area contributed by atoms with Gasteiger partial charge in [0, 0.05) is 4.88 Å². The van der Waals surface area contributed by atoms with Crippen molar-refractivity contribution in [3.63, 3.8) is 0 Å². The smallest absolute Gasteiger partial charge is 0.413 e. The highest BCUT2D eigenvalue weighted by Gasteiger charge is 2.29. The Morgan fingerprint density at radius 1 is 1.22 bits per heavy atom. The van der Waals surface area contributed by atoms with Crippen LogP contribution in [0, 0.1) is 5.92 Å². The molecule has 1 atom stereocenters. The zero-order valence-corrected chi connectivity index (χ0v) is 16.5. The van der Waals surface area contributed by atoms with Gasteiger partial charge in [0.2, 0.25) is 0 Å². The van der Waals surface area contributed by atoms with Gasteiger partial charge in [0.1, 0.15) is 5.00 Å². The molecule has 1 aromatic heterocycles.